The van der Waals surface area contributed by atoms with Crippen LogP contribution in [0, 0.1) is 5.82 Å². The number of aromatic nitrogens is 3. The summed E-state index contributed by atoms with van der Waals surface area (Å²) in [5, 5.41) is 24.0. The minimum atomic E-state index is -0.691. The lowest BCUT2D eigenvalue weighted by atomic mass is 10.1. The summed E-state index contributed by atoms with van der Waals surface area (Å²) in [5.41, 5.74) is 0.752. The molecule has 1 saturated heterocycles. The third-order valence-electron chi connectivity index (χ3n) is 6.42. The number of fused-ring (bicyclic) bond motifs is 1. The number of phenolic OH excluding ortho intramolecular Hbond substituents is 1. The van der Waals surface area contributed by atoms with Gasteiger partial charge >= 0.3 is 5.69 Å². The van der Waals surface area contributed by atoms with Crippen LogP contribution in [-0.2, 0) is 6.42 Å². The number of aliphatic hydroxyl groups is 1. The first-order chi connectivity index (χ1) is 17.4. The number of para-hydroxylation sites is 1. The molecule has 0 unspecified atom stereocenters. The molecule has 2 aromatic carbocycles. The first-order valence-electron chi connectivity index (χ1n) is 11.7. The van der Waals surface area contributed by atoms with Crippen LogP contribution in [-0.4, -0.2) is 57.0 Å². The Morgan fingerprint density at radius 3 is 2.75 bits per heavy atom. The quantitative estimate of drug-likeness (QED) is 0.379. The number of nitrogens with zero attached hydrogens (tertiary/aromatic N) is 4. The van der Waals surface area contributed by atoms with Crippen LogP contribution >= 0.6 is 11.6 Å². The summed E-state index contributed by atoms with van der Waals surface area (Å²) < 4.78 is 16.2. The van der Waals surface area contributed by atoms with Crippen LogP contribution in [0.5, 0.6) is 5.75 Å². The van der Waals surface area contributed by atoms with Crippen molar-refractivity contribution in [2.45, 2.75) is 19.4 Å². The van der Waals surface area contributed by atoms with Crippen LogP contribution in [0.3, 0.4) is 0 Å². The molecule has 1 fully saturated rings. The maximum absolute atomic E-state index is 14.8. The summed E-state index contributed by atoms with van der Waals surface area (Å²) in [5.74, 6) is -0.565. The summed E-state index contributed by atoms with van der Waals surface area (Å²) in [7, 11) is 0. The van der Waals surface area contributed by atoms with E-state index in [9.17, 15) is 19.4 Å². The van der Waals surface area contributed by atoms with E-state index in [0.29, 0.717) is 36.4 Å². The van der Waals surface area contributed by atoms with E-state index in [2.05, 4.69) is 15.3 Å². The number of aromatic hydroxyl groups is 1. The largest absolute Gasteiger partial charge is 0.507 e. The van der Waals surface area contributed by atoms with E-state index in [0.717, 1.165) is 12.1 Å². The van der Waals surface area contributed by atoms with Crippen LogP contribution < -0.4 is 15.9 Å². The number of anilines is 1. The van der Waals surface area contributed by atoms with Crippen molar-refractivity contribution in [3.63, 3.8) is 0 Å². The summed E-state index contributed by atoms with van der Waals surface area (Å²) in [6, 6.07) is 12.8. The standard InChI is InChI=1S/C26H25ClFN5O3/c1-15-14-29-10-11-32(15)24-17-13-18(27)23(22-19(28)6-4-8-21(22)35)30-25(17)33(26(36)31-24)20-7-3-2-5-16(20)9-12-34/h2-8,13,15,29,34-35H,9-12,14H2,1H3/t15-/m0/s1. The highest BCUT2D eigenvalue weighted by Gasteiger charge is 2.26. The third-order valence-corrected chi connectivity index (χ3v) is 6.70. The summed E-state index contributed by atoms with van der Waals surface area (Å²) in [4.78, 5) is 24.7. The van der Waals surface area contributed by atoms with E-state index in [-0.39, 0.29) is 40.3 Å². The molecule has 3 heterocycles. The number of piperazine rings is 1. The highest BCUT2D eigenvalue weighted by atomic mass is 35.5. The minimum absolute atomic E-state index is 0.0121. The normalized spacial score (nSPS) is 16.0. The number of hydrogen-bond donors (Lipinski definition) is 3. The number of benzene rings is 2. The van der Waals surface area contributed by atoms with Crippen molar-refractivity contribution in [2.75, 3.05) is 31.1 Å². The molecule has 1 atom stereocenters. The number of pyridine rings is 1. The monoisotopic (exact) mass is 509 g/mol. The third kappa shape index (κ3) is 4.19. The molecule has 186 valence electrons. The number of rotatable bonds is 5. The van der Waals surface area contributed by atoms with Crippen molar-refractivity contribution in [1.29, 1.82) is 0 Å². The maximum atomic E-state index is 14.8. The second kappa shape index (κ2) is 9.85. The van der Waals surface area contributed by atoms with Crippen molar-refractivity contribution >= 4 is 28.5 Å². The van der Waals surface area contributed by atoms with Gasteiger partial charge in [-0.3, -0.25) is 0 Å². The smallest absolute Gasteiger partial charge is 0.355 e. The molecule has 8 nitrogen and oxygen atoms in total. The van der Waals surface area contributed by atoms with Crippen LogP contribution in [0.2, 0.25) is 5.02 Å². The topological polar surface area (TPSA) is 104 Å². The summed E-state index contributed by atoms with van der Waals surface area (Å²) in [6.07, 6.45) is 0.315. The molecule has 0 amide bonds. The van der Waals surface area contributed by atoms with Gasteiger partial charge in [-0.1, -0.05) is 35.9 Å². The number of nitrogens with one attached hydrogen (secondary N) is 1. The van der Waals surface area contributed by atoms with Gasteiger partial charge in [0.05, 0.1) is 27.4 Å². The highest BCUT2D eigenvalue weighted by molar-refractivity contribution is 6.34. The lowest BCUT2D eigenvalue weighted by Gasteiger charge is -2.35. The second-order valence-corrected chi connectivity index (χ2v) is 9.13. The van der Waals surface area contributed by atoms with Crippen LogP contribution in [0.15, 0.2) is 53.3 Å². The molecule has 2 aromatic heterocycles. The Morgan fingerprint density at radius 1 is 1.19 bits per heavy atom. The van der Waals surface area contributed by atoms with Gasteiger partial charge in [-0.15, -0.1) is 0 Å². The highest BCUT2D eigenvalue weighted by Crippen LogP contribution is 2.38. The molecule has 0 saturated carbocycles. The van der Waals surface area contributed by atoms with Gasteiger partial charge in [0.2, 0.25) is 0 Å². The molecule has 10 heteroatoms. The Morgan fingerprint density at radius 2 is 2.00 bits per heavy atom. The molecule has 1 aliphatic heterocycles. The van der Waals surface area contributed by atoms with E-state index in [1.807, 2.05) is 24.0 Å². The van der Waals surface area contributed by atoms with Crippen LogP contribution in [0.4, 0.5) is 10.2 Å². The maximum Gasteiger partial charge on any atom is 0.355 e. The molecule has 0 radical (unpaired) electrons. The van der Waals surface area contributed by atoms with E-state index in [1.54, 1.807) is 18.2 Å². The molecule has 0 spiro atoms. The average molecular weight is 510 g/mol. The van der Waals surface area contributed by atoms with Crippen molar-refractivity contribution < 1.29 is 14.6 Å². The molecule has 1 aliphatic rings. The first kappa shape index (κ1) is 24.2. The summed E-state index contributed by atoms with van der Waals surface area (Å²) >= 11 is 6.63. The number of aliphatic hydroxyl groups excluding tert-OH is 1. The average Bonchev–Trinajstić information content (AvgIpc) is 2.85. The molecule has 5 rings (SSSR count). The number of hydrogen-bond acceptors (Lipinski definition) is 7. The van der Waals surface area contributed by atoms with Crippen LogP contribution in [0.1, 0.15) is 12.5 Å². The van der Waals surface area contributed by atoms with Gasteiger partial charge in [-0.2, -0.15) is 4.98 Å². The number of halogens is 2. The van der Waals surface area contributed by atoms with E-state index >= 15 is 0 Å². The van der Waals surface area contributed by atoms with Crippen molar-refractivity contribution in [2.24, 2.45) is 0 Å². The molecule has 4 aromatic rings. The fraction of sp³-hybridized carbons (Fsp3) is 0.269. The Kier molecular flexibility index (Phi) is 6.61. The molecule has 36 heavy (non-hydrogen) atoms. The minimum Gasteiger partial charge on any atom is -0.507 e. The van der Waals surface area contributed by atoms with Gasteiger partial charge in [-0.25, -0.2) is 18.7 Å². The number of phenols is 1. The van der Waals surface area contributed by atoms with Crippen molar-refractivity contribution in [3.8, 4) is 22.7 Å². The van der Waals surface area contributed by atoms with Gasteiger partial charge in [0, 0.05) is 32.3 Å². The van der Waals surface area contributed by atoms with Crippen LogP contribution in [0.25, 0.3) is 28.0 Å². The molecular weight excluding hydrogens is 485 g/mol. The first-order valence-corrected chi connectivity index (χ1v) is 12.1. The lowest BCUT2D eigenvalue weighted by Crippen LogP contribution is -2.50. The SMILES string of the molecule is C[C@H]1CNCCN1c1nc(=O)n(-c2ccccc2CCO)c2nc(-c3c(O)cccc3F)c(Cl)cc12. The lowest BCUT2D eigenvalue weighted by molar-refractivity contribution is 0.299. The zero-order valence-electron chi connectivity index (χ0n) is 19.6. The van der Waals surface area contributed by atoms with Crippen molar-refractivity contribution in [1.82, 2.24) is 19.9 Å². The molecule has 0 aliphatic carbocycles. The van der Waals surface area contributed by atoms with Gasteiger partial charge < -0.3 is 20.4 Å². The Bertz CT molecular complexity index is 1490. The molecule has 3 N–H and O–H groups in total. The zero-order valence-corrected chi connectivity index (χ0v) is 20.3. The second-order valence-electron chi connectivity index (χ2n) is 8.73. The van der Waals surface area contributed by atoms with E-state index in [4.69, 9.17) is 11.6 Å². The Balaban J connectivity index is 1.87. The fourth-order valence-electron chi connectivity index (χ4n) is 4.68. The Hall–Kier alpha value is -3.53. The van der Waals surface area contributed by atoms with Crippen molar-refractivity contribution in [3.05, 3.63) is 75.4 Å². The molecule has 0 bridgehead atoms. The van der Waals surface area contributed by atoms with E-state index < -0.39 is 11.5 Å². The summed E-state index contributed by atoms with van der Waals surface area (Å²) in [6.45, 7) is 3.98. The zero-order chi connectivity index (χ0) is 25.4. The molecular formula is C26H25ClFN5O3. The Labute approximate surface area is 211 Å². The van der Waals surface area contributed by atoms with Gasteiger partial charge in [0.25, 0.3) is 0 Å². The fourth-order valence-corrected chi connectivity index (χ4v) is 4.93. The van der Waals surface area contributed by atoms with Gasteiger partial charge in [0.1, 0.15) is 17.4 Å². The van der Waals surface area contributed by atoms with E-state index in [1.165, 1.54) is 22.8 Å². The van der Waals surface area contributed by atoms with Gasteiger partial charge in [-0.05, 0) is 43.2 Å². The predicted octanol–water partition coefficient (Wildman–Crippen LogP) is 3.28. The predicted molar refractivity (Wildman–Crippen MR) is 138 cm³/mol. The van der Waals surface area contributed by atoms with Gasteiger partial charge in [0.15, 0.2) is 5.65 Å².